The van der Waals surface area contributed by atoms with Crippen molar-refractivity contribution in [2.75, 3.05) is 0 Å². The fraction of sp³-hybridized carbons (Fsp3) is 0.200. The van der Waals surface area contributed by atoms with E-state index in [9.17, 15) is 13.6 Å². The van der Waals surface area contributed by atoms with Crippen LogP contribution in [0, 0.1) is 5.21 Å². The van der Waals surface area contributed by atoms with Crippen LogP contribution >= 0.6 is 0 Å². The number of hydrazone groups is 1. The molecule has 1 aromatic rings. The maximum Gasteiger partial charge on any atom is 0.276 e. The number of hydrogen-bond donors (Lipinski definition) is 2. The average Bonchev–Trinajstić information content (AvgIpc) is 2.72. The quantitative estimate of drug-likeness (QED) is 0.421. The Kier molecular flexibility index (Phi) is 3.79. The summed E-state index contributed by atoms with van der Waals surface area (Å²) < 4.78 is 23.6. The lowest BCUT2D eigenvalue weighted by atomic mass is 10.2. The molecule has 1 aliphatic rings. The second-order valence-corrected chi connectivity index (χ2v) is 5.47. The van der Waals surface area contributed by atoms with E-state index in [1.807, 2.05) is 4.83 Å². The van der Waals surface area contributed by atoms with E-state index in [-0.39, 0.29) is 10.6 Å². The van der Waals surface area contributed by atoms with Gasteiger partial charge in [0.05, 0.1) is 11.1 Å². The predicted molar refractivity (Wildman–Crippen MR) is 67.6 cm³/mol. The maximum atomic E-state index is 11.8. The van der Waals surface area contributed by atoms with Crippen molar-refractivity contribution in [3.05, 3.63) is 35.5 Å². The van der Waals surface area contributed by atoms with Crippen LogP contribution in [0.5, 0.6) is 0 Å². The zero-order valence-corrected chi connectivity index (χ0v) is 10.8. The standard InChI is InChI=1S/C10H12N4O4S/c1-8-10(12-18-14(8)15)7-11-13-19(16,17)9-5-3-2-4-6-9/h2-8,13-14H,1H3/b11-7+. The first-order valence-corrected chi connectivity index (χ1v) is 6.88. The van der Waals surface area contributed by atoms with Crippen LogP contribution in [0.1, 0.15) is 6.92 Å². The Hall–Kier alpha value is -1.97. The number of hydroxylamine groups is 2. The molecule has 0 saturated carbocycles. The number of nitrogens with one attached hydrogen (secondary N) is 2. The summed E-state index contributed by atoms with van der Waals surface area (Å²) >= 11 is 0. The third kappa shape index (κ3) is 3.08. The Balaban J connectivity index is 2.03. The average molecular weight is 284 g/mol. The zero-order valence-electron chi connectivity index (χ0n) is 9.98. The summed E-state index contributed by atoms with van der Waals surface area (Å²) in [6.45, 7) is 1.59. The Morgan fingerprint density at radius 3 is 2.74 bits per heavy atom. The lowest BCUT2D eigenvalue weighted by molar-refractivity contribution is -1.06. The van der Waals surface area contributed by atoms with Crippen molar-refractivity contribution in [3.8, 4) is 0 Å². The van der Waals surface area contributed by atoms with Crippen molar-refractivity contribution in [3.63, 3.8) is 0 Å². The van der Waals surface area contributed by atoms with E-state index in [1.54, 1.807) is 25.1 Å². The third-order valence-corrected chi connectivity index (χ3v) is 3.70. The number of quaternary nitrogens is 1. The number of sulfonamides is 1. The molecule has 0 aromatic heterocycles. The molecular weight excluding hydrogens is 272 g/mol. The minimum atomic E-state index is -3.71. The summed E-state index contributed by atoms with van der Waals surface area (Å²) in [5.41, 5.74) is 0.265. The fourth-order valence-corrected chi connectivity index (χ4v) is 2.14. The molecule has 2 N–H and O–H groups in total. The number of benzene rings is 1. The van der Waals surface area contributed by atoms with Crippen molar-refractivity contribution in [2.45, 2.75) is 17.9 Å². The topological polar surface area (TPSA) is 108 Å². The van der Waals surface area contributed by atoms with Crippen molar-refractivity contribution in [2.24, 2.45) is 10.3 Å². The summed E-state index contributed by atoms with van der Waals surface area (Å²) in [4.78, 5) is 6.56. The van der Waals surface area contributed by atoms with Gasteiger partial charge in [-0.3, -0.25) is 0 Å². The minimum absolute atomic E-state index is 0.0980. The monoisotopic (exact) mass is 284 g/mol. The molecule has 0 saturated heterocycles. The van der Waals surface area contributed by atoms with Gasteiger partial charge in [-0.05, 0) is 24.2 Å². The molecule has 2 atom stereocenters. The molecule has 1 heterocycles. The third-order valence-electron chi connectivity index (χ3n) is 2.46. The molecular formula is C10H12N4O4S. The first kappa shape index (κ1) is 13.5. The summed E-state index contributed by atoms with van der Waals surface area (Å²) in [6, 6.07) is 7.26. The molecule has 2 unspecified atom stereocenters. The largest absolute Gasteiger partial charge is 0.588 e. The van der Waals surface area contributed by atoms with Gasteiger partial charge in [-0.1, -0.05) is 18.2 Å². The molecule has 0 radical (unpaired) electrons. The molecule has 2 rings (SSSR count). The Labute approximate surface area is 109 Å². The van der Waals surface area contributed by atoms with Gasteiger partial charge in [0.1, 0.15) is 0 Å². The number of hydrogen-bond acceptors (Lipinski definition) is 6. The van der Waals surface area contributed by atoms with Crippen LogP contribution in [0.3, 0.4) is 0 Å². The first-order valence-electron chi connectivity index (χ1n) is 5.39. The van der Waals surface area contributed by atoms with Gasteiger partial charge in [-0.2, -0.15) is 18.5 Å². The number of rotatable bonds is 4. The van der Waals surface area contributed by atoms with E-state index < -0.39 is 21.3 Å². The molecule has 19 heavy (non-hydrogen) atoms. The summed E-state index contributed by atoms with van der Waals surface area (Å²) in [5, 5.41) is 17.6. The van der Waals surface area contributed by atoms with E-state index in [0.29, 0.717) is 0 Å². The van der Waals surface area contributed by atoms with Gasteiger partial charge in [0, 0.05) is 0 Å². The van der Waals surface area contributed by atoms with Crippen molar-refractivity contribution >= 4 is 21.9 Å². The smallest absolute Gasteiger partial charge is 0.276 e. The van der Waals surface area contributed by atoms with Gasteiger partial charge in [0.15, 0.2) is 11.8 Å². The molecule has 0 fully saturated rings. The predicted octanol–water partition coefficient (Wildman–Crippen LogP) is -0.977. The lowest BCUT2D eigenvalue weighted by Crippen LogP contribution is -3.08. The van der Waals surface area contributed by atoms with Crippen LogP contribution in [0.25, 0.3) is 0 Å². The van der Waals surface area contributed by atoms with E-state index in [0.717, 1.165) is 6.21 Å². The summed E-state index contributed by atoms with van der Waals surface area (Å²) in [6.07, 6.45) is 1.15. The highest BCUT2D eigenvalue weighted by atomic mass is 32.2. The van der Waals surface area contributed by atoms with Gasteiger partial charge >= 0.3 is 0 Å². The van der Waals surface area contributed by atoms with Gasteiger partial charge in [0.25, 0.3) is 10.0 Å². The van der Waals surface area contributed by atoms with E-state index >= 15 is 0 Å². The Morgan fingerprint density at radius 2 is 2.16 bits per heavy atom. The molecule has 1 aliphatic heterocycles. The zero-order chi connectivity index (χ0) is 13.9. The number of oxime groups is 1. The molecule has 0 spiro atoms. The maximum absolute atomic E-state index is 11.8. The van der Waals surface area contributed by atoms with Crippen LogP contribution in [0.2, 0.25) is 0 Å². The van der Waals surface area contributed by atoms with Crippen molar-refractivity contribution in [1.82, 2.24) is 4.83 Å². The Morgan fingerprint density at radius 1 is 1.47 bits per heavy atom. The molecule has 1 aromatic carbocycles. The van der Waals surface area contributed by atoms with Gasteiger partial charge in [-0.15, -0.1) is 5.23 Å². The van der Waals surface area contributed by atoms with Crippen LogP contribution < -0.4 is 10.1 Å². The normalized spacial score (nSPS) is 23.2. The molecule has 102 valence electrons. The first-order chi connectivity index (χ1) is 9.00. The van der Waals surface area contributed by atoms with Crippen LogP contribution in [-0.2, 0) is 15.0 Å². The van der Waals surface area contributed by atoms with E-state index in [1.165, 1.54) is 12.1 Å². The molecule has 8 nitrogen and oxygen atoms in total. The summed E-state index contributed by atoms with van der Waals surface area (Å²) in [5.74, 6) is 0. The second-order valence-electron chi connectivity index (χ2n) is 3.81. The second kappa shape index (κ2) is 5.34. The molecule has 0 amide bonds. The van der Waals surface area contributed by atoms with Crippen molar-refractivity contribution in [1.29, 1.82) is 0 Å². The van der Waals surface area contributed by atoms with Crippen LogP contribution in [-0.4, -0.2) is 26.4 Å². The summed E-state index contributed by atoms with van der Waals surface area (Å²) in [7, 11) is -3.71. The fourth-order valence-electron chi connectivity index (χ4n) is 1.33. The van der Waals surface area contributed by atoms with Crippen molar-refractivity contribution < 1.29 is 18.6 Å². The number of nitrogens with zero attached hydrogens (tertiary/aromatic N) is 2. The SMILES string of the molecule is CC1C(/C=N/NS(=O)(=O)c2ccccc2)=NO[NH+]1[O-]. The minimum Gasteiger partial charge on any atom is -0.588 e. The Bertz CT molecular complexity index is 599. The van der Waals surface area contributed by atoms with Crippen LogP contribution in [0.15, 0.2) is 45.5 Å². The molecule has 0 bridgehead atoms. The highest BCUT2D eigenvalue weighted by Gasteiger charge is 2.25. The molecule has 9 heteroatoms. The van der Waals surface area contributed by atoms with E-state index in [2.05, 4.69) is 15.2 Å². The van der Waals surface area contributed by atoms with E-state index in [4.69, 9.17) is 0 Å². The highest BCUT2D eigenvalue weighted by Crippen LogP contribution is 2.06. The highest BCUT2D eigenvalue weighted by molar-refractivity contribution is 7.89. The molecule has 0 aliphatic carbocycles. The lowest BCUT2D eigenvalue weighted by Gasteiger charge is -2.13. The van der Waals surface area contributed by atoms with Gasteiger partial charge < -0.3 is 5.21 Å². The van der Waals surface area contributed by atoms with Crippen LogP contribution in [0.4, 0.5) is 0 Å². The van der Waals surface area contributed by atoms with Gasteiger partial charge in [-0.25, -0.2) is 4.83 Å². The van der Waals surface area contributed by atoms with Gasteiger partial charge in [0.2, 0.25) is 0 Å².